The van der Waals surface area contributed by atoms with E-state index in [4.69, 9.17) is 15.2 Å². The number of hydrogen-bond acceptors (Lipinski definition) is 7. The van der Waals surface area contributed by atoms with Gasteiger partial charge in [0.2, 0.25) is 11.8 Å². The van der Waals surface area contributed by atoms with Gasteiger partial charge in [-0.15, -0.1) is 6.58 Å². The highest BCUT2D eigenvalue weighted by molar-refractivity contribution is 5.93. The molecule has 1 heterocycles. The summed E-state index contributed by atoms with van der Waals surface area (Å²) in [6.07, 6.45) is 5.74. The number of likely N-dealkylation sites (N-methyl/N-ethyl adjacent to an activating group) is 1. The second-order valence-electron chi connectivity index (χ2n) is 11.6. The van der Waals surface area contributed by atoms with E-state index in [2.05, 4.69) is 22.1 Å². The van der Waals surface area contributed by atoms with E-state index >= 15 is 0 Å². The number of nitrogens with one attached hydrogen (secondary N) is 2. The third-order valence-corrected chi connectivity index (χ3v) is 7.81. The van der Waals surface area contributed by atoms with Crippen molar-refractivity contribution in [2.75, 3.05) is 36.5 Å². The van der Waals surface area contributed by atoms with Crippen molar-refractivity contribution in [3.63, 3.8) is 0 Å². The maximum Gasteiger partial charge on any atom is 0.224 e. The highest BCUT2D eigenvalue weighted by atomic mass is 16.7. The third-order valence-electron chi connectivity index (χ3n) is 7.81. The van der Waals surface area contributed by atoms with Crippen LogP contribution in [0.5, 0.6) is 0 Å². The summed E-state index contributed by atoms with van der Waals surface area (Å²) >= 11 is 0. The van der Waals surface area contributed by atoms with Gasteiger partial charge in [-0.25, -0.2) is 0 Å². The van der Waals surface area contributed by atoms with E-state index in [-0.39, 0.29) is 30.6 Å². The maximum absolute atomic E-state index is 12.7. The molecular formula is C36H46N4O5. The van der Waals surface area contributed by atoms with Gasteiger partial charge in [0.1, 0.15) is 0 Å². The minimum absolute atomic E-state index is 0.00476. The second-order valence-corrected chi connectivity index (χ2v) is 11.6. The van der Waals surface area contributed by atoms with Gasteiger partial charge in [0, 0.05) is 43.6 Å². The van der Waals surface area contributed by atoms with Crippen molar-refractivity contribution in [3.05, 3.63) is 102 Å². The first-order valence-electron chi connectivity index (χ1n) is 15.7. The van der Waals surface area contributed by atoms with Crippen molar-refractivity contribution < 1.29 is 24.2 Å². The number of unbranched alkanes of at least 4 members (excludes halogenated alkanes) is 3. The van der Waals surface area contributed by atoms with Crippen molar-refractivity contribution in [3.8, 4) is 0 Å². The summed E-state index contributed by atoms with van der Waals surface area (Å²) in [5.41, 5.74) is 10.5. The molecule has 1 aliphatic rings. The number of rotatable bonds is 16. The highest BCUT2D eigenvalue weighted by Gasteiger charge is 2.32. The largest absolute Gasteiger partial charge is 0.397 e. The molecule has 5 N–H and O–H groups in total. The minimum atomic E-state index is -0.601. The van der Waals surface area contributed by atoms with E-state index in [9.17, 15) is 14.7 Å². The number of nitrogen functional groups attached to an aromatic ring is 1. The van der Waals surface area contributed by atoms with Crippen LogP contribution in [0.4, 0.5) is 17.1 Å². The fraction of sp³-hybridized carbons (Fsp3) is 0.389. The molecule has 0 saturated carbocycles. The number of aliphatic hydroxyl groups is 1. The van der Waals surface area contributed by atoms with E-state index < -0.39 is 6.29 Å². The molecule has 1 aliphatic heterocycles. The average Bonchev–Trinajstić information content (AvgIpc) is 3.04. The molecule has 3 aromatic carbocycles. The van der Waals surface area contributed by atoms with Crippen molar-refractivity contribution >= 4 is 28.9 Å². The Bertz CT molecular complexity index is 1400. The van der Waals surface area contributed by atoms with Gasteiger partial charge in [0.15, 0.2) is 6.29 Å². The van der Waals surface area contributed by atoms with Crippen LogP contribution in [0.1, 0.15) is 74.0 Å². The van der Waals surface area contributed by atoms with Gasteiger partial charge in [-0.1, -0.05) is 67.4 Å². The molecule has 0 unspecified atom stereocenters. The van der Waals surface area contributed by atoms with Crippen LogP contribution >= 0.6 is 0 Å². The fourth-order valence-electron chi connectivity index (χ4n) is 5.41. The molecule has 0 radical (unpaired) electrons. The minimum Gasteiger partial charge on any atom is -0.397 e. The summed E-state index contributed by atoms with van der Waals surface area (Å²) in [6, 6.07) is 22.6. The van der Waals surface area contributed by atoms with Crippen LogP contribution in [0.2, 0.25) is 0 Å². The number of nitrogens with two attached hydrogens (primary N) is 1. The van der Waals surface area contributed by atoms with Crippen LogP contribution in [0.3, 0.4) is 0 Å². The van der Waals surface area contributed by atoms with Crippen molar-refractivity contribution in [2.24, 2.45) is 0 Å². The van der Waals surface area contributed by atoms with E-state index in [1.165, 1.54) is 0 Å². The highest BCUT2D eigenvalue weighted by Crippen LogP contribution is 2.38. The first-order chi connectivity index (χ1) is 21.8. The number of benzene rings is 3. The van der Waals surface area contributed by atoms with Crippen LogP contribution in [-0.4, -0.2) is 48.1 Å². The molecule has 1 saturated heterocycles. The SMILES string of the molecule is C=CCN(C)C[C@@H]1C[C@H](c2ccc(CO)cc2)O[C@H](c2cccc(NC(=O)CCCCCCC(=O)Nc3ccccc3N)c2)O1. The number of hydrogen-bond donors (Lipinski definition) is 4. The molecule has 3 aromatic rings. The zero-order valence-corrected chi connectivity index (χ0v) is 26.1. The Kier molecular flexibility index (Phi) is 13.1. The van der Waals surface area contributed by atoms with Gasteiger partial charge < -0.3 is 35.8 Å². The van der Waals surface area contributed by atoms with E-state index in [0.29, 0.717) is 36.3 Å². The molecular weight excluding hydrogens is 568 g/mol. The molecule has 0 spiro atoms. The van der Waals surface area contributed by atoms with Crippen LogP contribution in [0.15, 0.2) is 85.5 Å². The second kappa shape index (κ2) is 17.5. The van der Waals surface area contributed by atoms with Gasteiger partial charge in [-0.2, -0.15) is 0 Å². The molecule has 2 amide bonds. The number of amides is 2. The number of anilines is 3. The first kappa shape index (κ1) is 33.9. The number of ether oxygens (including phenoxy) is 2. The monoisotopic (exact) mass is 614 g/mol. The van der Waals surface area contributed by atoms with Gasteiger partial charge in [-0.05, 0) is 55.3 Å². The molecule has 0 aromatic heterocycles. The lowest BCUT2D eigenvalue weighted by Gasteiger charge is -2.37. The summed E-state index contributed by atoms with van der Waals surface area (Å²) in [7, 11) is 2.04. The van der Waals surface area contributed by atoms with Gasteiger partial charge in [0.25, 0.3) is 0 Å². The molecule has 45 heavy (non-hydrogen) atoms. The van der Waals surface area contributed by atoms with Crippen LogP contribution < -0.4 is 16.4 Å². The first-order valence-corrected chi connectivity index (χ1v) is 15.7. The number of nitrogens with zero attached hydrogens (tertiary/aromatic N) is 1. The third kappa shape index (κ3) is 10.8. The molecule has 3 atom stereocenters. The maximum atomic E-state index is 12.7. The number of para-hydroxylation sites is 2. The van der Waals surface area contributed by atoms with Crippen LogP contribution in [0.25, 0.3) is 0 Å². The van der Waals surface area contributed by atoms with Crippen LogP contribution in [0, 0.1) is 0 Å². The normalized spacial score (nSPS) is 18.0. The summed E-state index contributed by atoms with van der Waals surface area (Å²) in [4.78, 5) is 27.1. The summed E-state index contributed by atoms with van der Waals surface area (Å²) in [5.74, 6) is -0.113. The van der Waals surface area contributed by atoms with E-state index in [1.54, 1.807) is 12.1 Å². The van der Waals surface area contributed by atoms with Crippen LogP contribution in [-0.2, 0) is 25.7 Å². The molecule has 0 bridgehead atoms. The average molecular weight is 615 g/mol. The fourth-order valence-corrected chi connectivity index (χ4v) is 5.41. The number of carbonyl (C=O) groups excluding carboxylic acids is 2. The predicted molar refractivity (Wildman–Crippen MR) is 178 cm³/mol. The van der Waals surface area contributed by atoms with Crippen molar-refractivity contribution in [1.29, 1.82) is 0 Å². The molecule has 240 valence electrons. The van der Waals surface area contributed by atoms with Gasteiger partial charge in [-0.3, -0.25) is 9.59 Å². The summed E-state index contributed by atoms with van der Waals surface area (Å²) < 4.78 is 12.9. The lowest BCUT2D eigenvalue weighted by Crippen LogP contribution is -2.37. The molecule has 1 fully saturated rings. The lowest BCUT2D eigenvalue weighted by molar-refractivity contribution is -0.252. The molecule has 9 nitrogen and oxygen atoms in total. The zero-order chi connectivity index (χ0) is 32.0. The van der Waals surface area contributed by atoms with Crippen molar-refractivity contribution in [1.82, 2.24) is 4.90 Å². The Morgan fingerprint density at radius 3 is 2.33 bits per heavy atom. The number of aliphatic hydroxyl groups excluding tert-OH is 1. The Morgan fingerprint density at radius 1 is 0.933 bits per heavy atom. The Morgan fingerprint density at radius 2 is 1.64 bits per heavy atom. The van der Waals surface area contributed by atoms with Gasteiger partial charge >= 0.3 is 0 Å². The Labute approximate surface area is 266 Å². The smallest absolute Gasteiger partial charge is 0.224 e. The summed E-state index contributed by atoms with van der Waals surface area (Å²) in [5, 5.41) is 15.3. The Hall–Kier alpha value is -4.02. The van der Waals surface area contributed by atoms with Crippen molar-refractivity contribution in [2.45, 2.75) is 70.1 Å². The molecule has 9 heteroatoms. The summed E-state index contributed by atoms with van der Waals surface area (Å²) in [6.45, 7) is 5.31. The van der Waals surface area contributed by atoms with E-state index in [0.717, 1.165) is 55.5 Å². The number of carbonyl (C=O) groups is 2. The Balaban J connectivity index is 1.26. The predicted octanol–water partition coefficient (Wildman–Crippen LogP) is 6.34. The lowest BCUT2D eigenvalue weighted by atomic mass is 9.99. The molecule has 0 aliphatic carbocycles. The van der Waals surface area contributed by atoms with E-state index in [1.807, 2.05) is 73.8 Å². The zero-order valence-electron chi connectivity index (χ0n) is 26.1. The van der Waals surface area contributed by atoms with Gasteiger partial charge in [0.05, 0.1) is 30.2 Å². The topological polar surface area (TPSA) is 126 Å². The quantitative estimate of drug-likeness (QED) is 0.0842. The molecule has 4 rings (SSSR count). The standard InChI is InChI=1S/C36H46N4O5/c1-3-21-40(2)24-30-23-33(27-19-17-26(25-41)18-20-27)45-36(44-30)28-11-10-12-29(22-28)38-34(42)15-6-4-5-7-16-35(43)39-32-14-9-8-13-31(32)37/h3,8-14,17-20,22,30,33,36,41H,1,4-7,15-16,21,23-25,37H2,2H3,(H,38,42)(H,39,43)/t30-,33+,36+/m0/s1.